The number of carbonyl (C=O) groups is 1. The Kier molecular flexibility index (Phi) is 8.89. The molecule has 0 saturated carbocycles. The molecular weight excluding hydrogens is 508 g/mol. The molecular formula is C28H38N2O5S2. The van der Waals surface area contributed by atoms with Crippen LogP contribution < -0.4 is 0 Å². The number of piperidine rings is 1. The second-order valence-corrected chi connectivity index (χ2v) is 14.6. The van der Waals surface area contributed by atoms with Gasteiger partial charge in [-0.15, -0.1) is 0 Å². The van der Waals surface area contributed by atoms with E-state index in [2.05, 4.69) is 0 Å². The van der Waals surface area contributed by atoms with Crippen LogP contribution in [0.2, 0.25) is 0 Å². The molecule has 2 aliphatic heterocycles. The summed E-state index contributed by atoms with van der Waals surface area (Å²) in [5.41, 5.74) is 2.32. The lowest BCUT2D eigenvalue weighted by atomic mass is 9.92. The molecule has 37 heavy (non-hydrogen) atoms. The zero-order valence-corrected chi connectivity index (χ0v) is 23.4. The minimum atomic E-state index is -3.50. The summed E-state index contributed by atoms with van der Waals surface area (Å²) in [5, 5.41) is -0.528. The average molecular weight is 547 g/mol. The van der Waals surface area contributed by atoms with Crippen LogP contribution in [0.1, 0.15) is 78.6 Å². The van der Waals surface area contributed by atoms with Gasteiger partial charge in [0.1, 0.15) is 5.25 Å². The smallest absolute Gasteiger partial charge is 0.221 e. The van der Waals surface area contributed by atoms with Crippen molar-refractivity contribution in [3.8, 4) is 0 Å². The second-order valence-electron chi connectivity index (χ2n) is 10.6. The third kappa shape index (κ3) is 6.88. The minimum Gasteiger partial charge on any atom is -0.294 e. The highest BCUT2D eigenvalue weighted by Gasteiger charge is 2.40. The number of sulfonamides is 2. The average Bonchev–Trinajstić information content (AvgIpc) is 2.87. The Balaban J connectivity index is 1.33. The van der Waals surface area contributed by atoms with Gasteiger partial charge in [0.2, 0.25) is 20.0 Å². The first kappa shape index (κ1) is 28.0. The third-order valence-corrected chi connectivity index (χ3v) is 11.4. The van der Waals surface area contributed by atoms with E-state index in [0.29, 0.717) is 44.0 Å². The molecule has 2 aliphatic rings. The van der Waals surface area contributed by atoms with Crippen LogP contribution in [0.5, 0.6) is 0 Å². The zero-order valence-electron chi connectivity index (χ0n) is 21.8. The Morgan fingerprint density at radius 3 is 2.38 bits per heavy atom. The van der Waals surface area contributed by atoms with Crippen molar-refractivity contribution in [3.05, 3.63) is 71.3 Å². The highest BCUT2D eigenvalue weighted by Crippen LogP contribution is 2.38. The monoisotopic (exact) mass is 546 g/mol. The van der Waals surface area contributed by atoms with Gasteiger partial charge in [-0.25, -0.2) is 21.1 Å². The van der Waals surface area contributed by atoms with Crippen molar-refractivity contribution < 1.29 is 21.6 Å². The van der Waals surface area contributed by atoms with E-state index in [4.69, 9.17) is 0 Å². The van der Waals surface area contributed by atoms with Crippen LogP contribution in [-0.4, -0.2) is 56.6 Å². The summed E-state index contributed by atoms with van der Waals surface area (Å²) in [6, 6.07) is 16.6. The van der Waals surface area contributed by atoms with Crippen molar-refractivity contribution >= 4 is 25.8 Å². The summed E-state index contributed by atoms with van der Waals surface area (Å²) in [6.07, 6.45) is 6.53. The first-order chi connectivity index (χ1) is 17.6. The summed E-state index contributed by atoms with van der Waals surface area (Å²) in [5.74, 6) is 0.359. The molecule has 0 amide bonds. The van der Waals surface area contributed by atoms with Gasteiger partial charge in [-0.05, 0) is 62.5 Å². The number of Topliss-reactive ketones (excluding diaryl/α,β-unsaturated/α-hetero) is 1. The van der Waals surface area contributed by atoms with Crippen LogP contribution in [0.15, 0.2) is 54.6 Å². The van der Waals surface area contributed by atoms with Gasteiger partial charge in [0, 0.05) is 37.7 Å². The van der Waals surface area contributed by atoms with Gasteiger partial charge >= 0.3 is 0 Å². The van der Waals surface area contributed by atoms with E-state index in [1.165, 1.54) is 6.26 Å². The van der Waals surface area contributed by atoms with Gasteiger partial charge in [-0.1, -0.05) is 54.6 Å². The molecule has 9 heteroatoms. The molecule has 0 bridgehead atoms. The normalized spacial score (nSPS) is 25.1. The maximum absolute atomic E-state index is 13.5. The van der Waals surface area contributed by atoms with Gasteiger partial charge in [0.25, 0.3) is 0 Å². The number of hydrogen-bond donors (Lipinski definition) is 0. The van der Waals surface area contributed by atoms with Gasteiger partial charge in [-0.2, -0.15) is 4.31 Å². The fourth-order valence-corrected chi connectivity index (χ4v) is 8.73. The lowest BCUT2D eigenvalue weighted by Crippen LogP contribution is -2.44. The number of hydrogen-bond acceptors (Lipinski definition) is 5. The molecule has 0 aromatic heterocycles. The predicted molar refractivity (Wildman–Crippen MR) is 146 cm³/mol. The first-order valence-corrected chi connectivity index (χ1v) is 16.5. The number of carbonyl (C=O) groups excluding carboxylic acids is 1. The van der Waals surface area contributed by atoms with Crippen LogP contribution in [0.25, 0.3) is 0 Å². The van der Waals surface area contributed by atoms with Crippen molar-refractivity contribution in [2.24, 2.45) is 5.92 Å². The Bertz CT molecular complexity index is 1280. The minimum absolute atomic E-state index is 0.0606. The van der Waals surface area contributed by atoms with E-state index >= 15 is 0 Å². The number of ketones is 1. The molecule has 4 rings (SSSR count). The maximum atomic E-state index is 13.5. The van der Waals surface area contributed by atoms with Crippen LogP contribution in [0.3, 0.4) is 0 Å². The second kappa shape index (κ2) is 11.8. The number of benzene rings is 2. The van der Waals surface area contributed by atoms with Crippen LogP contribution >= 0.6 is 0 Å². The van der Waals surface area contributed by atoms with Crippen molar-refractivity contribution in [2.75, 3.05) is 19.3 Å². The summed E-state index contributed by atoms with van der Waals surface area (Å²) in [6.45, 7) is 3.38. The first-order valence-electron chi connectivity index (χ1n) is 13.2. The van der Waals surface area contributed by atoms with Crippen molar-refractivity contribution in [3.63, 3.8) is 0 Å². The van der Waals surface area contributed by atoms with Gasteiger partial charge in [0.05, 0.1) is 6.26 Å². The lowest BCUT2D eigenvalue weighted by Gasteiger charge is -2.37. The van der Waals surface area contributed by atoms with Gasteiger partial charge in [0.15, 0.2) is 5.78 Å². The molecule has 2 saturated heterocycles. The Labute approximate surface area is 222 Å². The Morgan fingerprint density at radius 1 is 1.00 bits per heavy atom. The molecule has 0 spiro atoms. The topological polar surface area (TPSA) is 91.8 Å². The Hall–Kier alpha value is -2.07. The lowest BCUT2D eigenvalue weighted by molar-refractivity contribution is 0.0975. The molecule has 2 fully saturated rings. The molecule has 2 aromatic rings. The van der Waals surface area contributed by atoms with Crippen LogP contribution in [-0.2, 0) is 26.6 Å². The molecule has 0 radical (unpaired) electrons. The van der Waals surface area contributed by atoms with Gasteiger partial charge < -0.3 is 0 Å². The molecule has 202 valence electrons. The van der Waals surface area contributed by atoms with E-state index in [1.807, 2.05) is 49.4 Å². The summed E-state index contributed by atoms with van der Waals surface area (Å²) in [7, 11) is -6.66. The van der Waals surface area contributed by atoms with E-state index < -0.39 is 25.3 Å². The quantitative estimate of drug-likeness (QED) is 0.423. The van der Waals surface area contributed by atoms with Gasteiger partial charge in [-0.3, -0.25) is 4.79 Å². The van der Waals surface area contributed by atoms with Crippen LogP contribution in [0.4, 0.5) is 0 Å². The SMILES string of the molecule is C[C@H]1CCC(c2ccccc2)S(=O)(=O)N1Cc1ccc(C(=O)CCCC2CCCN(S(C)(=O)=O)C2)cc1. The van der Waals surface area contributed by atoms with E-state index in [1.54, 1.807) is 20.7 Å². The highest BCUT2D eigenvalue weighted by atomic mass is 32.2. The summed E-state index contributed by atoms with van der Waals surface area (Å²) >= 11 is 0. The molecule has 2 aromatic carbocycles. The van der Waals surface area contributed by atoms with E-state index in [0.717, 1.165) is 43.2 Å². The van der Waals surface area contributed by atoms with Crippen molar-refractivity contribution in [2.45, 2.75) is 69.7 Å². The van der Waals surface area contributed by atoms with Crippen molar-refractivity contribution in [1.29, 1.82) is 0 Å². The Morgan fingerprint density at radius 2 is 1.70 bits per heavy atom. The largest absolute Gasteiger partial charge is 0.294 e. The van der Waals surface area contributed by atoms with Crippen molar-refractivity contribution in [1.82, 2.24) is 8.61 Å². The van der Waals surface area contributed by atoms with E-state index in [-0.39, 0.29) is 11.8 Å². The molecule has 0 N–H and O–H groups in total. The molecule has 2 heterocycles. The third-order valence-electron chi connectivity index (χ3n) is 7.78. The highest BCUT2D eigenvalue weighted by molar-refractivity contribution is 7.89. The molecule has 2 unspecified atom stereocenters. The molecule has 7 nitrogen and oxygen atoms in total. The summed E-state index contributed by atoms with van der Waals surface area (Å²) < 4.78 is 53.7. The van der Waals surface area contributed by atoms with E-state index in [9.17, 15) is 21.6 Å². The summed E-state index contributed by atoms with van der Waals surface area (Å²) in [4.78, 5) is 12.8. The molecule has 3 atom stereocenters. The maximum Gasteiger partial charge on any atom is 0.221 e. The standard InChI is InChI=1S/C28H38N2O5S2/c1-22-13-18-28(26-10-4-3-5-11-26)37(34,35)30(22)21-24-14-16-25(17-15-24)27(31)12-6-8-23-9-7-19-29(20-23)36(2,32)33/h3-5,10-11,14-17,22-23,28H,6-9,12-13,18-21H2,1-2H3/t22-,23?,28?/m0/s1. The van der Waals surface area contributed by atoms with Crippen LogP contribution in [0, 0.1) is 5.92 Å². The molecule has 0 aliphatic carbocycles. The number of nitrogens with zero attached hydrogens (tertiary/aromatic N) is 2. The number of rotatable bonds is 9. The fraction of sp³-hybridized carbons (Fsp3) is 0.536. The fourth-order valence-electron chi connectivity index (χ4n) is 5.59. The predicted octanol–water partition coefficient (Wildman–Crippen LogP) is 4.77. The zero-order chi connectivity index (χ0) is 26.6.